The van der Waals surface area contributed by atoms with Gasteiger partial charge in [-0.15, -0.1) is 0 Å². The van der Waals surface area contributed by atoms with Crippen LogP contribution >= 0.6 is 0 Å². The highest BCUT2D eigenvalue weighted by atomic mass is 28.1. The summed E-state index contributed by atoms with van der Waals surface area (Å²) in [5.74, 6) is 0. The van der Waals surface area contributed by atoms with Crippen LogP contribution in [0, 0.1) is 0 Å². The van der Waals surface area contributed by atoms with Gasteiger partial charge < -0.3 is 15.3 Å². The maximum absolute atomic E-state index is 8.17. The molecule has 3 nitrogen and oxygen atoms in total. The summed E-state index contributed by atoms with van der Waals surface area (Å²) in [5, 5.41) is 24.0. The second-order valence-electron chi connectivity index (χ2n) is 1.02. The van der Waals surface area contributed by atoms with Gasteiger partial charge in [-0.05, 0) is 11.0 Å². The van der Waals surface area contributed by atoms with Crippen LogP contribution in [0.3, 0.4) is 0 Å². The van der Waals surface area contributed by atoms with Gasteiger partial charge in [0.25, 0.3) is 0 Å². The number of hydrogen-bond donors (Lipinski definition) is 3. The summed E-state index contributed by atoms with van der Waals surface area (Å²) in [5.41, 5.74) is 0. The largest absolute Gasteiger partial charge is 0.394 e. The highest BCUT2D eigenvalue weighted by molar-refractivity contribution is 5.75. The zero-order chi connectivity index (χ0) is 4.99. The summed E-state index contributed by atoms with van der Waals surface area (Å²) in [6.45, 7) is -0.729. The Morgan fingerprint density at radius 3 is 1.38 bits per heavy atom. The normalized spacial score (nSPS) is 7.50. The minimum Gasteiger partial charge on any atom is -0.394 e. The van der Waals surface area contributed by atoms with Gasteiger partial charge in [0, 0.05) is 0 Å². The third kappa shape index (κ3) is 9.39. The van der Waals surface area contributed by atoms with Crippen molar-refractivity contribution in [2.75, 3.05) is 13.2 Å². The summed E-state index contributed by atoms with van der Waals surface area (Å²) in [6, 6.07) is 0. The molecule has 0 aliphatic rings. The fourth-order valence-corrected chi connectivity index (χ4v) is 0.0577. The average Bonchev–Trinajstić information content (AvgIpc) is 1.65. The Labute approximate surface area is 51.4 Å². The molecule has 54 valence electrons. The lowest BCUT2D eigenvalue weighted by Crippen LogP contribution is -2.15. The number of halogens is 1. The lowest BCUT2D eigenvalue weighted by atomic mass is 10.4. The van der Waals surface area contributed by atoms with E-state index >= 15 is 0 Å². The van der Waals surface area contributed by atoms with Gasteiger partial charge in [-0.1, -0.05) is 0 Å². The van der Waals surface area contributed by atoms with Gasteiger partial charge in [0.2, 0.25) is 0 Å². The van der Waals surface area contributed by atoms with E-state index in [2.05, 4.69) is 0 Å². The number of rotatable bonds is 2. The molecule has 0 aromatic heterocycles. The van der Waals surface area contributed by atoms with Gasteiger partial charge in [-0.25, -0.2) is 0 Å². The van der Waals surface area contributed by atoms with Crippen LogP contribution in [0.2, 0.25) is 0 Å². The summed E-state index contributed by atoms with van der Waals surface area (Å²) in [6.07, 6.45) is -0.954. The van der Waals surface area contributed by atoms with Crippen LogP contribution in [0.25, 0.3) is 0 Å². The van der Waals surface area contributed by atoms with E-state index in [9.17, 15) is 0 Å². The molecule has 0 aromatic rings. The van der Waals surface area contributed by atoms with Crippen molar-refractivity contribution in [2.24, 2.45) is 0 Å². The molecule has 0 radical (unpaired) electrons. The standard InChI is InChI=1S/C3H8O3.FH.H4Si/c4-1-3(6)2-5;;/h3-6H,1-2H2;1H;1H4. The van der Waals surface area contributed by atoms with Gasteiger partial charge in [0.15, 0.2) is 0 Å². The average molecular weight is 144 g/mol. The van der Waals surface area contributed by atoms with Gasteiger partial charge in [-0.2, -0.15) is 0 Å². The monoisotopic (exact) mass is 144 g/mol. The first kappa shape index (κ1) is 15.7. The van der Waals surface area contributed by atoms with E-state index in [0.717, 1.165) is 0 Å². The van der Waals surface area contributed by atoms with E-state index in [1.54, 1.807) is 0 Å². The zero-order valence-electron chi connectivity index (χ0n) is 3.74. The Bertz CT molecular complexity index is 33.7. The molecule has 0 rings (SSSR count). The van der Waals surface area contributed by atoms with Crippen molar-refractivity contribution in [1.82, 2.24) is 0 Å². The van der Waals surface area contributed by atoms with E-state index < -0.39 is 6.10 Å². The van der Waals surface area contributed by atoms with Crippen molar-refractivity contribution < 1.29 is 20.0 Å². The first-order valence-electron chi connectivity index (χ1n) is 1.71. The Balaban J connectivity index is -0.000000125. The van der Waals surface area contributed by atoms with Crippen molar-refractivity contribution in [3.8, 4) is 0 Å². The van der Waals surface area contributed by atoms with Crippen molar-refractivity contribution in [3.05, 3.63) is 0 Å². The molecule has 0 aromatic carbocycles. The maximum Gasteiger partial charge on any atom is 0.100 e. The third-order valence-corrected chi connectivity index (χ3v) is 0.421. The third-order valence-electron chi connectivity index (χ3n) is 0.421. The van der Waals surface area contributed by atoms with Crippen molar-refractivity contribution >= 4 is 11.0 Å². The lowest BCUT2D eigenvalue weighted by molar-refractivity contribution is 0.0450. The highest BCUT2D eigenvalue weighted by Gasteiger charge is 1.93. The van der Waals surface area contributed by atoms with Gasteiger partial charge in [0.1, 0.15) is 6.10 Å². The SMILES string of the molecule is F.OCC(O)CO.[SiH4]. The molecule has 0 fully saturated rings. The fraction of sp³-hybridized carbons (Fsp3) is 1.00. The van der Waals surface area contributed by atoms with Gasteiger partial charge in [-0.3, -0.25) is 4.70 Å². The maximum atomic E-state index is 8.17. The first-order valence-corrected chi connectivity index (χ1v) is 1.71. The summed E-state index contributed by atoms with van der Waals surface area (Å²) >= 11 is 0. The molecule has 5 heteroatoms. The number of aliphatic hydroxyl groups excluding tert-OH is 3. The van der Waals surface area contributed by atoms with Crippen LogP contribution in [0.4, 0.5) is 4.70 Å². The molecule has 0 spiro atoms. The predicted octanol–water partition coefficient (Wildman–Crippen LogP) is -2.97. The van der Waals surface area contributed by atoms with E-state index in [1.807, 2.05) is 0 Å². The molecule has 0 saturated heterocycles. The molecule has 3 N–H and O–H groups in total. The first-order chi connectivity index (χ1) is 2.81. The van der Waals surface area contributed by atoms with Crippen LogP contribution in [0.5, 0.6) is 0 Å². The van der Waals surface area contributed by atoms with Crippen molar-refractivity contribution in [2.45, 2.75) is 6.10 Å². The fourth-order valence-electron chi connectivity index (χ4n) is 0.0577. The second-order valence-corrected chi connectivity index (χ2v) is 1.02. The molecular weight excluding hydrogens is 131 g/mol. The van der Waals surface area contributed by atoms with Crippen molar-refractivity contribution in [1.29, 1.82) is 0 Å². The predicted molar refractivity (Wildman–Crippen MR) is 34.0 cm³/mol. The van der Waals surface area contributed by atoms with E-state index in [4.69, 9.17) is 15.3 Å². The molecular formula is C3H13FO3Si. The smallest absolute Gasteiger partial charge is 0.100 e. The van der Waals surface area contributed by atoms with E-state index in [0.29, 0.717) is 0 Å². The van der Waals surface area contributed by atoms with Gasteiger partial charge in [0.05, 0.1) is 13.2 Å². The Kier molecular flexibility index (Phi) is 19.8. The van der Waals surface area contributed by atoms with Crippen LogP contribution in [-0.4, -0.2) is 45.6 Å². The van der Waals surface area contributed by atoms with E-state index in [-0.39, 0.29) is 28.9 Å². The second kappa shape index (κ2) is 10.1. The summed E-state index contributed by atoms with van der Waals surface area (Å²) in [7, 11) is 0. The summed E-state index contributed by atoms with van der Waals surface area (Å²) < 4.78 is 0. The molecule has 0 heterocycles. The molecule has 0 aliphatic heterocycles. The Hall–Kier alpha value is 0.0269. The van der Waals surface area contributed by atoms with E-state index in [1.165, 1.54) is 0 Å². The molecule has 0 bridgehead atoms. The van der Waals surface area contributed by atoms with Crippen molar-refractivity contribution in [3.63, 3.8) is 0 Å². The van der Waals surface area contributed by atoms with Gasteiger partial charge >= 0.3 is 0 Å². The molecule has 0 aliphatic carbocycles. The minimum atomic E-state index is -0.954. The Morgan fingerprint density at radius 2 is 1.38 bits per heavy atom. The lowest BCUT2D eigenvalue weighted by Gasteiger charge is -1.96. The van der Waals surface area contributed by atoms with Crippen LogP contribution in [-0.2, 0) is 0 Å². The topological polar surface area (TPSA) is 60.7 Å². The van der Waals surface area contributed by atoms with Crippen LogP contribution < -0.4 is 0 Å². The Morgan fingerprint density at radius 1 is 1.12 bits per heavy atom. The van der Waals surface area contributed by atoms with Crippen LogP contribution in [0.1, 0.15) is 0 Å². The summed E-state index contributed by atoms with van der Waals surface area (Å²) in [4.78, 5) is 0. The molecule has 0 amide bonds. The molecule has 0 saturated carbocycles. The number of aliphatic hydroxyl groups is 3. The zero-order valence-corrected chi connectivity index (χ0v) is 3.74. The number of hydrogen-bond acceptors (Lipinski definition) is 3. The van der Waals surface area contributed by atoms with Crippen LogP contribution in [0.15, 0.2) is 0 Å². The molecule has 8 heavy (non-hydrogen) atoms. The molecule has 0 atom stereocenters. The minimum absolute atomic E-state index is 0. The highest BCUT2D eigenvalue weighted by Crippen LogP contribution is 1.71. The quantitative estimate of drug-likeness (QED) is 0.363. The molecule has 0 unspecified atom stereocenters.